The fourth-order valence-electron chi connectivity index (χ4n) is 6.81. The third-order valence-corrected chi connectivity index (χ3v) is 9.08. The van der Waals surface area contributed by atoms with Crippen molar-refractivity contribution in [2.45, 2.75) is 69.4 Å². The van der Waals surface area contributed by atoms with E-state index in [0.29, 0.717) is 38.2 Å². The first-order valence-corrected chi connectivity index (χ1v) is 13.1. The van der Waals surface area contributed by atoms with Crippen molar-refractivity contribution in [1.29, 1.82) is 0 Å². The van der Waals surface area contributed by atoms with Gasteiger partial charge in [0.2, 0.25) is 17.7 Å². The Hall–Kier alpha value is -3.23. The number of ether oxygens (including phenoxy) is 1. The van der Waals surface area contributed by atoms with Crippen LogP contribution in [0, 0.1) is 11.8 Å². The lowest BCUT2D eigenvalue weighted by atomic mass is 9.73. The number of likely N-dealkylation sites (tertiary alicyclic amines) is 1. The number of carbonyl (C=O) groups excluding carboxylic acids is 5. The van der Waals surface area contributed by atoms with Crippen molar-refractivity contribution in [2.75, 3.05) is 19.7 Å². The van der Waals surface area contributed by atoms with Crippen molar-refractivity contribution in [3.8, 4) is 5.75 Å². The van der Waals surface area contributed by atoms with E-state index in [-0.39, 0.29) is 41.4 Å². The van der Waals surface area contributed by atoms with Gasteiger partial charge in [-0.05, 0) is 51.0 Å². The Morgan fingerprint density at radius 2 is 1.81 bits per heavy atom. The van der Waals surface area contributed by atoms with Gasteiger partial charge in [-0.3, -0.25) is 24.5 Å². The van der Waals surface area contributed by atoms with Crippen LogP contribution in [-0.2, 0) is 31.1 Å². The van der Waals surface area contributed by atoms with Crippen LogP contribution in [0.15, 0.2) is 12.1 Å². The van der Waals surface area contributed by atoms with Gasteiger partial charge in [0.25, 0.3) is 5.91 Å². The number of nitrogens with one attached hydrogen (secondary N) is 1. The van der Waals surface area contributed by atoms with E-state index in [1.54, 1.807) is 4.90 Å². The first-order chi connectivity index (χ1) is 17.4. The van der Waals surface area contributed by atoms with E-state index in [0.717, 1.165) is 61.7 Å². The van der Waals surface area contributed by atoms with Gasteiger partial charge in [-0.1, -0.05) is 6.07 Å². The lowest BCUT2D eigenvalue weighted by Crippen LogP contribution is -2.52. The van der Waals surface area contributed by atoms with Crippen LogP contribution < -0.4 is 10.1 Å². The fraction of sp³-hybridized carbons (Fsp3) is 0.593. The van der Waals surface area contributed by atoms with Gasteiger partial charge in [-0.25, -0.2) is 0 Å². The van der Waals surface area contributed by atoms with Gasteiger partial charge in [0.05, 0.1) is 13.2 Å². The zero-order valence-corrected chi connectivity index (χ0v) is 20.3. The minimum atomic E-state index is -0.649. The summed E-state index contributed by atoms with van der Waals surface area (Å²) in [6, 6.07) is 3.19. The van der Waals surface area contributed by atoms with Crippen LogP contribution in [0.5, 0.6) is 5.75 Å². The molecule has 4 heterocycles. The van der Waals surface area contributed by atoms with E-state index in [4.69, 9.17) is 4.74 Å². The summed E-state index contributed by atoms with van der Waals surface area (Å²) < 4.78 is 6.23. The molecular formula is C27H31N3O6. The molecule has 1 spiro atoms. The number of rotatable bonds is 3. The maximum atomic E-state index is 13.1. The van der Waals surface area contributed by atoms with Crippen molar-refractivity contribution in [2.24, 2.45) is 11.8 Å². The largest absolute Gasteiger partial charge is 0.492 e. The Labute approximate surface area is 209 Å². The number of hydrogen-bond acceptors (Lipinski definition) is 6. The quantitative estimate of drug-likeness (QED) is 0.507. The number of piperidine rings is 2. The molecule has 1 aromatic rings. The van der Waals surface area contributed by atoms with Crippen LogP contribution in [0.2, 0.25) is 0 Å². The van der Waals surface area contributed by atoms with E-state index < -0.39 is 11.9 Å². The number of nitrogens with zero attached hydrogens (tertiary/aromatic N) is 2. The number of imide groups is 1. The SMILES string of the molecule is O=CC1CCC(C(=O)N2CCC3(CC2)COc2c3ccc3c2CN([C@H]2CCC(=O)NC2=O)C3=O)CC1. The summed E-state index contributed by atoms with van der Waals surface area (Å²) in [5.41, 5.74) is 2.30. The smallest absolute Gasteiger partial charge is 0.255 e. The Bertz CT molecular complexity index is 1150. The van der Waals surface area contributed by atoms with Crippen molar-refractivity contribution in [1.82, 2.24) is 15.1 Å². The van der Waals surface area contributed by atoms with Gasteiger partial charge in [0.15, 0.2) is 0 Å². The number of amides is 4. The molecular weight excluding hydrogens is 462 g/mol. The second-order valence-corrected chi connectivity index (χ2v) is 11.0. The predicted molar refractivity (Wildman–Crippen MR) is 127 cm³/mol. The molecule has 1 saturated carbocycles. The van der Waals surface area contributed by atoms with Gasteiger partial charge in [0, 0.05) is 53.5 Å². The van der Waals surface area contributed by atoms with Crippen LogP contribution in [0.4, 0.5) is 0 Å². The minimum absolute atomic E-state index is 0.0231. The third-order valence-electron chi connectivity index (χ3n) is 9.08. The summed E-state index contributed by atoms with van der Waals surface area (Å²) in [5, 5.41) is 2.34. The minimum Gasteiger partial charge on any atom is -0.492 e. The molecule has 1 N–H and O–H groups in total. The molecule has 0 bridgehead atoms. The van der Waals surface area contributed by atoms with Crippen molar-refractivity contribution in [3.63, 3.8) is 0 Å². The maximum absolute atomic E-state index is 13.1. The monoisotopic (exact) mass is 493 g/mol. The highest BCUT2D eigenvalue weighted by Crippen LogP contribution is 2.49. The highest BCUT2D eigenvalue weighted by molar-refractivity contribution is 6.05. The Morgan fingerprint density at radius 1 is 1.06 bits per heavy atom. The molecule has 9 heteroatoms. The first kappa shape index (κ1) is 23.2. The van der Waals surface area contributed by atoms with E-state index in [1.807, 2.05) is 17.0 Å². The maximum Gasteiger partial charge on any atom is 0.255 e. The molecule has 2 saturated heterocycles. The van der Waals surface area contributed by atoms with Crippen LogP contribution in [0.3, 0.4) is 0 Å². The second kappa shape index (κ2) is 8.71. The van der Waals surface area contributed by atoms with E-state index in [2.05, 4.69) is 5.32 Å². The zero-order chi connectivity index (χ0) is 25.0. The Morgan fingerprint density at radius 3 is 2.50 bits per heavy atom. The third kappa shape index (κ3) is 3.62. The van der Waals surface area contributed by atoms with E-state index >= 15 is 0 Å². The van der Waals surface area contributed by atoms with Crippen LogP contribution >= 0.6 is 0 Å². The van der Waals surface area contributed by atoms with Crippen LogP contribution in [0.25, 0.3) is 0 Å². The molecule has 1 aromatic carbocycles. The Kier molecular flexibility index (Phi) is 5.61. The Balaban J connectivity index is 1.16. The van der Waals surface area contributed by atoms with Gasteiger partial charge in [-0.2, -0.15) is 0 Å². The standard InChI is InChI=1S/C27H31N3O6/c31-14-16-1-3-17(4-2-16)25(34)29-11-9-27(10-12-29)15-36-23-19-13-30(21-7-8-22(32)28-24(21)33)26(35)18(19)5-6-20(23)27/h5-6,14,16-17,21H,1-4,7-13,15H2,(H,28,32,33)/t16?,17?,21-/m0/s1. The molecule has 0 unspecified atom stereocenters. The molecule has 1 atom stereocenters. The van der Waals surface area contributed by atoms with Gasteiger partial charge in [-0.15, -0.1) is 0 Å². The summed E-state index contributed by atoms with van der Waals surface area (Å²) in [6.45, 7) is 2.17. The van der Waals surface area contributed by atoms with E-state index in [1.165, 1.54) is 0 Å². The molecule has 1 aliphatic carbocycles. The van der Waals surface area contributed by atoms with Gasteiger partial charge < -0.3 is 19.3 Å². The summed E-state index contributed by atoms with van der Waals surface area (Å²) >= 11 is 0. The summed E-state index contributed by atoms with van der Waals surface area (Å²) in [6.07, 6.45) is 6.38. The highest BCUT2D eigenvalue weighted by atomic mass is 16.5. The number of hydrogen-bond donors (Lipinski definition) is 1. The molecule has 0 radical (unpaired) electrons. The molecule has 9 nitrogen and oxygen atoms in total. The number of fused-ring (bicyclic) bond motifs is 4. The number of benzene rings is 1. The van der Waals surface area contributed by atoms with Crippen molar-refractivity contribution < 1.29 is 28.7 Å². The predicted octanol–water partition coefficient (Wildman–Crippen LogP) is 1.71. The van der Waals surface area contributed by atoms with Gasteiger partial charge in [0.1, 0.15) is 18.1 Å². The molecule has 6 rings (SSSR count). The van der Waals surface area contributed by atoms with Crippen LogP contribution in [-0.4, -0.2) is 65.5 Å². The summed E-state index contributed by atoms with van der Waals surface area (Å²) in [7, 11) is 0. The van der Waals surface area contributed by atoms with Gasteiger partial charge >= 0.3 is 0 Å². The van der Waals surface area contributed by atoms with E-state index in [9.17, 15) is 24.0 Å². The normalized spacial score (nSPS) is 29.0. The molecule has 0 aromatic heterocycles. The van der Waals surface area contributed by atoms with Crippen molar-refractivity contribution >= 4 is 29.9 Å². The molecule has 4 aliphatic heterocycles. The molecule has 36 heavy (non-hydrogen) atoms. The fourth-order valence-corrected chi connectivity index (χ4v) is 6.81. The topological polar surface area (TPSA) is 113 Å². The summed E-state index contributed by atoms with van der Waals surface area (Å²) in [5.74, 6) is 0.176. The second-order valence-electron chi connectivity index (χ2n) is 11.0. The first-order valence-electron chi connectivity index (χ1n) is 13.1. The zero-order valence-electron chi connectivity index (χ0n) is 20.3. The average molecular weight is 494 g/mol. The highest BCUT2D eigenvalue weighted by Gasteiger charge is 2.48. The molecule has 4 amide bonds. The van der Waals surface area contributed by atoms with Crippen molar-refractivity contribution in [3.05, 3.63) is 28.8 Å². The number of aldehydes is 1. The number of carbonyl (C=O) groups is 5. The summed E-state index contributed by atoms with van der Waals surface area (Å²) in [4.78, 5) is 64.8. The average Bonchev–Trinajstić information content (AvgIpc) is 3.42. The lowest BCUT2D eigenvalue weighted by Gasteiger charge is -2.40. The molecule has 190 valence electrons. The lowest BCUT2D eigenvalue weighted by molar-refractivity contribution is -0.139. The van der Waals surface area contributed by atoms with Crippen LogP contribution in [0.1, 0.15) is 72.9 Å². The molecule has 5 aliphatic rings. The molecule has 3 fully saturated rings.